The molecule has 1 aromatic carbocycles. The number of rotatable bonds is 1. The maximum Gasteiger partial charge on any atom is 0.273 e. The van der Waals surface area contributed by atoms with Gasteiger partial charge in [0.2, 0.25) is 0 Å². The van der Waals surface area contributed by atoms with Gasteiger partial charge in [-0.3, -0.25) is 14.2 Å². The highest BCUT2D eigenvalue weighted by molar-refractivity contribution is 5.98. The number of carbonyl (C=O) groups excluding carboxylic acids is 1. The average Bonchev–Trinajstić information content (AvgIpc) is 2.48. The standard InChI is InChI=1S/C16H11FN2O2/c17-11-4-6-12(7-5-11)19-14-2-1-3-15(20)13(14)8-10(9-18)16(19)21/h4-8H,1-3H2. The molecule has 0 spiro atoms. The van der Waals surface area contributed by atoms with Gasteiger partial charge in [0.05, 0.1) is 0 Å². The number of nitriles is 1. The largest absolute Gasteiger partial charge is 0.294 e. The highest BCUT2D eigenvalue weighted by atomic mass is 19.1. The first-order valence-electron chi connectivity index (χ1n) is 6.60. The van der Waals surface area contributed by atoms with Gasteiger partial charge in [0, 0.05) is 23.4 Å². The summed E-state index contributed by atoms with van der Waals surface area (Å²) in [5.74, 6) is -0.475. The minimum absolute atomic E-state index is 0.0661. The number of benzene rings is 1. The molecule has 1 aliphatic rings. The first-order valence-corrected chi connectivity index (χ1v) is 6.60. The number of halogens is 1. The SMILES string of the molecule is N#Cc1cc2c(n(-c3ccc(F)cc3)c1=O)CCCC2=O. The van der Waals surface area contributed by atoms with Gasteiger partial charge in [-0.1, -0.05) is 0 Å². The third-order valence-electron chi connectivity index (χ3n) is 3.63. The topological polar surface area (TPSA) is 62.9 Å². The van der Waals surface area contributed by atoms with Gasteiger partial charge in [0.15, 0.2) is 5.78 Å². The number of fused-ring (bicyclic) bond motifs is 1. The highest BCUT2D eigenvalue weighted by Crippen LogP contribution is 2.23. The van der Waals surface area contributed by atoms with Crippen LogP contribution >= 0.6 is 0 Å². The second kappa shape index (κ2) is 4.98. The van der Waals surface area contributed by atoms with E-state index in [1.54, 1.807) is 0 Å². The van der Waals surface area contributed by atoms with Crippen molar-refractivity contribution in [1.82, 2.24) is 4.57 Å². The Balaban J connectivity index is 2.35. The van der Waals surface area contributed by atoms with Crippen LogP contribution in [0.1, 0.15) is 34.5 Å². The molecule has 1 aliphatic carbocycles. The summed E-state index contributed by atoms with van der Waals surface area (Å²) in [6.07, 6.45) is 1.66. The minimum Gasteiger partial charge on any atom is -0.294 e. The second-order valence-electron chi connectivity index (χ2n) is 4.92. The van der Waals surface area contributed by atoms with Crippen molar-refractivity contribution in [2.24, 2.45) is 0 Å². The van der Waals surface area contributed by atoms with E-state index in [1.165, 1.54) is 34.9 Å². The zero-order valence-electron chi connectivity index (χ0n) is 11.1. The van der Waals surface area contributed by atoms with Gasteiger partial charge in [0.25, 0.3) is 5.56 Å². The predicted molar refractivity (Wildman–Crippen MR) is 74.0 cm³/mol. The van der Waals surface area contributed by atoms with Crippen molar-refractivity contribution < 1.29 is 9.18 Å². The fourth-order valence-electron chi connectivity index (χ4n) is 2.64. The summed E-state index contributed by atoms with van der Waals surface area (Å²) in [4.78, 5) is 24.4. The van der Waals surface area contributed by atoms with Crippen LogP contribution in [0, 0.1) is 17.1 Å². The second-order valence-corrected chi connectivity index (χ2v) is 4.92. The normalized spacial score (nSPS) is 13.6. The number of ketones is 1. The molecule has 0 bridgehead atoms. The summed E-state index contributed by atoms with van der Waals surface area (Å²) in [6.45, 7) is 0. The lowest BCUT2D eigenvalue weighted by Gasteiger charge is -2.20. The van der Waals surface area contributed by atoms with Gasteiger partial charge in [-0.25, -0.2) is 4.39 Å². The van der Waals surface area contributed by atoms with E-state index >= 15 is 0 Å². The third kappa shape index (κ3) is 2.15. The Morgan fingerprint density at radius 1 is 1.14 bits per heavy atom. The first kappa shape index (κ1) is 13.3. The summed E-state index contributed by atoms with van der Waals surface area (Å²) >= 11 is 0. The third-order valence-corrected chi connectivity index (χ3v) is 3.63. The van der Waals surface area contributed by atoms with Gasteiger partial charge in [0.1, 0.15) is 17.4 Å². The van der Waals surface area contributed by atoms with Crippen LogP contribution in [0.25, 0.3) is 5.69 Å². The van der Waals surface area contributed by atoms with Crippen LogP contribution in [0.15, 0.2) is 35.1 Å². The maximum atomic E-state index is 13.1. The van der Waals surface area contributed by atoms with Crippen molar-refractivity contribution in [3.05, 3.63) is 63.3 Å². The molecule has 0 aliphatic heterocycles. The summed E-state index contributed by atoms with van der Waals surface area (Å²) in [6, 6.07) is 8.64. The molecule has 0 unspecified atom stereocenters. The summed E-state index contributed by atoms with van der Waals surface area (Å²) in [5, 5.41) is 9.09. The molecule has 0 N–H and O–H groups in total. The zero-order chi connectivity index (χ0) is 15.0. The molecular weight excluding hydrogens is 271 g/mol. The van der Waals surface area contributed by atoms with Gasteiger partial charge >= 0.3 is 0 Å². The van der Waals surface area contributed by atoms with Crippen LogP contribution in [0.3, 0.4) is 0 Å². The van der Waals surface area contributed by atoms with Gasteiger partial charge in [-0.15, -0.1) is 0 Å². The fourth-order valence-corrected chi connectivity index (χ4v) is 2.64. The smallest absolute Gasteiger partial charge is 0.273 e. The van der Waals surface area contributed by atoms with E-state index in [9.17, 15) is 14.0 Å². The minimum atomic E-state index is -0.474. The number of hydrogen-bond donors (Lipinski definition) is 0. The van der Waals surface area contributed by atoms with Gasteiger partial charge in [-0.2, -0.15) is 5.26 Å². The van der Waals surface area contributed by atoms with Crippen molar-refractivity contribution in [1.29, 1.82) is 5.26 Å². The van der Waals surface area contributed by atoms with E-state index in [1.807, 2.05) is 6.07 Å². The Kier molecular flexibility index (Phi) is 3.15. The molecule has 0 radical (unpaired) electrons. The molecular formula is C16H11FN2O2. The molecule has 21 heavy (non-hydrogen) atoms. The van der Waals surface area contributed by atoms with E-state index in [-0.39, 0.29) is 11.3 Å². The molecule has 0 atom stereocenters. The van der Waals surface area contributed by atoms with Crippen LogP contribution in [-0.2, 0) is 6.42 Å². The van der Waals surface area contributed by atoms with E-state index in [4.69, 9.17) is 5.26 Å². The van der Waals surface area contributed by atoms with E-state index in [0.717, 1.165) is 0 Å². The summed E-state index contributed by atoms with van der Waals surface area (Å²) in [7, 11) is 0. The number of hydrogen-bond acceptors (Lipinski definition) is 3. The Hall–Kier alpha value is -2.74. The molecule has 3 rings (SSSR count). The van der Waals surface area contributed by atoms with Crippen LogP contribution < -0.4 is 5.56 Å². The van der Waals surface area contributed by atoms with E-state index in [0.29, 0.717) is 36.2 Å². The van der Waals surface area contributed by atoms with Crippen molar-refractivity contribution in [3.63, 3.8) is 0 Å². The van der Waals surface area contributed by atoms with Crippen molar-refractivity contribution in [2.75, 3.05) is 0 Å². The quantitative estimate of drug-likeness (QED) is 0.806. The maximum absolute atomic E-state index is 13.1. The number of aromatic nitrogens is 1. The van der Waals surface area contributed by atoms with Crippen LogP contribution in [-0.4, -0.2) is 10.4 Å². The Labute approximate surface area is 120 Å². The Bertz CT molecular complexity index is 829. The number of pyridine rings is 1. The van der Waals surface area contributed by atoms with Crippen molar-refractivity contribution in [2.45, 2.75) is 19.3 Å². The van der Waals surface area contributed by atoms with Gasteiger partial charge < -0.3 is 0 Å². The lowest BCUT2D eigenvalue weighted by atomic mass is 9.93. The predicted octanol–water partition coefficient (Wildman–Crippen LogP) is 2.37. The lowest BCUT2D eigenvalue weighted by molar-refractivity contribution is 0.0971. The van der Waals surface area contributed by atoms with Crippen molar-refractivity contribution in [3.8, 4) is 11.8 Å². The van der Waals surface area contributed by atoms with Gasteiger partial charge in [-0.05, 0) is 43.2 Å². The lowest BCUT2D eigenvalue weighted by Crippen LogP contribution is -2.29. The molecule has 0 saturated carbocycles. The number of carbonyl (C=O) groups is 1. The monoisotopic (exact) mass is 282 g/mol. The molecule has 0 saturated heterocycles. The fraction of sp³-hybridized carbons (Fsp3) is 0.188. The molecule has 1 aromatic heterocycles. The van der Waals surface area contributed by atoms with Crippen LogP contribution in [0.4, 0.5) is 4.39 Å². The molecule has 2 aromatic rings. The molecule has 0 fully saturated rings. The Morgan fingerprint density at radius 3 is 2.52 bits per heavy atom. The zero-order valence-corrected chi connectivity index (χ0v) is 11.1. The summed E-state index contributed by atoms with van der Waals surface area (Å²) in [5.41, 5.74) is 0.930. The molecule has 0 amide bonds. The number of Topliss-reactive ketones (excluding diaryl/α,β-unsaturated/α-hetero) is 1. The molecule has 4 nitrogen and oxygen atoms in total. The van der Waals surface area contributed by atoms with E-state index in [2.05, 4.69) is 0 Å². The molecule has 1 heterocycles. The average molecular weight is 282 g/mol. The van der Waals surface area contributed by atoms with Crippen LogP contribution in [0.2, 0.25) is 0 Å². The first-order chi connectivity index (χ1) is 10.1. The summed E-state index contributed by atoms with van der Waals surface area (Å²) < 4.78 is 14.4. The van der Waals surface area contributed by atoms with Crippen molar-refractivity contribution >= 4 is 5.78 Å². The molecule has 104 valence electrons. The molecule has 5 heteroatoms. The number of nitrogens with zero attached hydrogens (tertiary/aromatic N) is 2. The highest BCUT2D eigenvalue weighted by Gasteiger charge is 2.23. The van der Waals surface area contributed by atoms with Crippen LogP contribution in [0.5, 0.6) is 0 Å². The van der Waals surface area contributed by atoms with E-state index < -0.39 is 11.4 Å². The Morgan fingerprint density at radius 2 is 1.86 bits per heavy atom.